The molecule has 3 rings (SSSR count). The second kappa shape index (κ2) is 6.14. The molecule has 2 aromatic rings. The fourth-order valence-corrected chi connectivity index (χ4v) is 3.41. The topological polar surface area (TPSA) is 85.0 Å². The van der Waals surface area contributed by atoms with Crippen molar-refractivity contribution in [2.45, 2.75) is 39.7 Å². The quantitative estimate of drug-likeness (QED) is 0.651. The van der Waals surface area contributed by atoms with E-state index in [2.05, 4.69) is 29.6 Å². The molecule has 7 heteroatoms. The lowest BCUT2D eigenvalue weighted by atomic mass is 10.0. The van der Waals surface area contributed by atoms with Gasteiger partial charge in [-0.2, -0.15) is 5.10 Å². The predicted molar refractivity (Wildman–Crippen MR) is 94.8 cm³/mol. The van der Waals surface area contributed by atoms with Crippen LogP contribution in [0, 0.1) is 24.0 Å². The third-order valence-corrected chi connectivity index (χ3v) is 4.74. The predicted octanol–water partition coefficient (Wildman–Crippen LogP) is 2.96. The Morgan fingerprint density at radius 1 is 1.46 bits per heavy atom. The number of nitrogens with one attached hydrogen (secondary N) is 2. The van der Waals surface area contributed by atoms with Crippen molar-refractivity contribution in [2.24, 2.45) is 7.05 Å². The van der Waals surface area contributed by atoms with Crippen LogP contribution in [0.3, 0.4) is 0 Å². The first-order valence-corrected chi connectivity index (χ1v) is 8.18. The van der Waals surface area contributed by atoms with Crippen molar-refractivity contribution < 1.29 is 4.92 Å². The molecule has 0 aliphatic carbocycles. The molecule has 1 aliphatic rings. The molecule has 7 nitrogen and oxygen atoms in total. The zero-order valence-electron chi connectivity index (χ0n) is 14.5. The SMILES string of the molecule is Cc1nn(C)c(C)c1C[C@H](C)Nc1c([N+](=O)[O-])ccc2c1CCN2. The van der Waals surface area contributed by atoms with E-state index >= 15 is 0 Å². The van der Waals surface area contributed by atoms with Crippen molar-refractivity contribution in [3.8, 4) is 0 Å². The summed E-state index contributed by atoms with van der Waals surface area (Å²) in [6.07, 6.45) is 1.58. The van der Waals surface area contributed by atoms with Crippen molar-refractivity contribution >= 4 is 17.1 Å². The number of hydrogen-bond donors (Lipinski definition) is 2. The van der Waals surface area contributed by atoms with Gasteiger partial charge in [-0.15, -0.1) is 0 Å². The molecular weight excluding hydrogens is 306 g/mol. The van der Waals surface area contributed by atoms with Crippen LogP contribution in [0.15, 0.2) is 12.1 Å². The van der Waals surface area contributed by atoms with Crippen LogP contribution in [0.2, 0.25) is 0 Å². The van der Waals surface area contributed by atoms with Crippen molar-refractivity contribution in [3.05, 3.63) is 44.8 Å². The number of anilines is 2. The Bertz CT molecular complexity index is 797. The molecule has 0 fully saturated rings. The summed E-state index contributed by atoms with van der Waals surface area (Å²) in [5, 5.41) is 22.5. The first kappa shape index (κ1) is 16.3. The zero-order chi connectivity index (χ0) is 17.4. The molecule has 0 bridgehead atoms. The van der Waals surface area contributed by atoms with Crippen LogP contribution in [0.5, 0.6) is 0 Å². The molecule has 0 radical (unpaired) electrons. The number of nitro groups is 1. The maximum Gasteiger partial charge on any atom is 0.292 e. The van der Waals surface area contributed by atoms with Gasteiger partial charge >= 0.3 is 0 Å². The Kier molecular flexibility index (Phi) is 4.17. The zero-order valence-corrected chi connectivity index (χ0v) is 14.5. The van der Waals surface area contributed by atoms with Gasteiger partial charge in [0.05, 0.1) is 10.6 Å². The molecule has 1 aliphatic heterocycles. The summed E-state index contributed by atoms with van der Waals surface area (Å²) < 4.78 is 1.88. The molecule has 2 N–H and O–H groups in total. The molecule has 0 unspecified atom stereocenters. The first-order valence-electron chi connectivity index (χ1n) is 8.18. The summed E-state index contributed by atoms with van der Waals surface area (Å²) in [4.78, 5) is 11.1. The van der Waals surface area contributed by atoms with E-state index in [-0.39, 0.29) is 16.7 Å². The van der Waals surface area contributed by atoms with E-state index in [9.17, 15) is 10.1 Å². The summed E-state index contributed by atoms with van der Waals surface area (Å²) in [6, 6.07) is 3.44. The van der Waals surface area contributed by atoms with Crippen LogP contribution in [0.25, 0.3) is 0 Å². The number of aromatic nitrogens is 2. The number of nitrogens with zero attached hydrogens (tertiary/aromatic N) is 3. The third-order valence-electron chi connectivity index (χ3n) is 4.74. The molecule has 1 aromatic carbocycles. The summed E-state index contributed by atoms with van der Waals surface area (Å²) in [6.45, 7) is 6.92. The van der Waals surface area contributed by atoms with Gasteiger partial charge in [-0.3, -0.25) is 14.8 Å². The summed E-state index contributed by atoms with van der Waals surface area (Å²) >= 11 is 0. The van der Waals surface area contributed by atoms with Crippen molar-refractivity contribution in [1.82, 2.24) is 9.78 Å². The van der Waals surface area contributed by atoms with E-state index in [0.717, 1.165) is 42.0 Å². The van der Waals surface area contributed by atoms with Gasteiger partial charge in [0, 0.05) is 42.6 Å². The van der Waals surface area contributed by atoms with Gasteiger partial charge in [0.1, 0.15) is 5.69 Å². The number of nitro benzene ring substituents is 1. The molecule has 128 valence electrons. The average molecular weight is 329 g/mol. The fraction of sp³-hybridized carbons (Fsp3) is 0.471. The molecule has 0 saturated heterocycles. The van der Waals surface area contributed by atoms with E-state index in [1.807, 2.05) is 18.7 Å². The Morgan fingerprint density at radius 2 is 2.21 bits per heavy atom. The molecule has 24 heavy (non-hydrogen) atoms. The number of benzene rings is 1. The highest BCUT2D eigenvalue weighted by Crippen LogP contribution is 2.37. The van der Waals surface area contributed by atoms with E-state index in [1.54, 1.807) is 12.1 Å². The van der Waals surface area contributed by atoms with E-state index in [0.29, 0.717) is 5.69 Å². The monoisotopic (exact) mass is 329 g/mol. The van der Waals surface area contributed by atoms with Gasteiger partial charge in [0.25, 0.3) is 5.69 Å². The lowest BCUT2D eigenvalue weighted by Crippen LogP contribution is -2.20. The van der Waals surface area contributed by atoms with Crippen molar-refractivity contribution in [1.29, 1.82) is 0 Å². The maximum absolute atomic E-state index is 11.4. The fourth-order valence-electron chi connectivity index (χ4n) is 3.41. The van der Waals surface area contributed by atoms with Gasteiger partial charge in [0.2, 0.25) is 0 Å². The Morgan fingerprint density at radius 3 is 2.83 bits per heavy atom. The van der Waals surface area contributed by atoms with Gasteiger partial charge in [-0.1, -0.05) is 0 Å². The van der Waals surface area contributed by atoms with Crippen molar-refractivity contribution in [3.63, 3.8) is 0 Å². The van der Waals surface area contributed by atoms with E-state index in [1.165, 1.54) is 5.56 Å². The van der Waals surface area contributed by atoms with Crippen LogP contribution in [-0.2, 0) is 19.9 Å². The number of rotatable bonds is 5. The van der Waals surface area contributed by atoms with Crippen LogP contribution in [0.4, 0.5) is 17.1 Å². The molecule has 0 spiro atoms. The van der Waals surface area contributed by atoms with Crippen LogP contribution < -0.4 is 10.6 Å². The second-order valence-electron chi connectivity index (χ2n) is 6.44. The molecule has 0 amide bonds. The minimum absolute atomic E-state index is 0.0670. The highest BCUT2D eigenvalue weighted by atomic mass is 16.6. The highest BCUT2D eigenvalue weighted by Gasteiger charge is 2.25. The Labute approximate surface area is 141 Å². The Balaban J connectivity index is 1.88. The van der Waals surface area contributed by atoms with E-state index < -0.39 is 0 Å². The standard InChI is InChI=1S/C17H23N5O2/c1-10(9-14-11(2)20-21(4)12(14)3)19-17-13-7-8-18-15(13)5-6-16(17)22(23)24/h5-6,10,18-19H,7-9H2,1-4H3/t10-/m0/s1. The van der Waals surface area contributed by atoms with Crippen LogP contribution in [-0.4, -0.2) is 27.3 Å². The number of hydrogen-bond acceptors (Lipinski definition) is 5. The lowest BCUT2D eigenvalue weighted by molar-refractivity contribution is -0.384. The van der Waals surface area contributed by atoms with E-state index in [4.69, 9.17) is 0 Å². The first-order chi connectivity index (χ1) is 11.4. The highest BCUT2D eigenvalue weighted by molar-refractivity contribution is 5.77. The van der Waals surface area contributed by atoms with Gasteiger partial charge in [0.15, 0.2) is 0 Å². The molecule has 1 aromatic heterocycles. The average Bonchev–Trinajstić information content (AvgIpc) is 3.08. The third kappa shape index (κ3) is 2.81. The molecule has 2 heterocycles. The summed E-state index contributed by atoms with van der Waals surface area (Å²) in [5.74, 6) is 0. The second-order valence-corrected chi connectivity index (χ2v) is 6.44. The normalized spacial score (nSPS) is 14.2. The molecule has 0 saturated carbocycles. The smallest absolute Gasteiger partial charge is 0.292 e. The Hall–Kier alpha value is -2.57. The number of aryl methyl sites for hydroxylation is 2. The minimum Gasteiger partial charge on any atom is -0.384 e. The minimum atomic E-state index is -0.311. The van der Waals surface area contributed by atoms with Gasteiger partial charge < -0.3 is 10.6 Å². The van der Waals surface area contributed by atoms with Crippen LogP contribution in [0.1, 0.15) is 29.4 Å². The maximum atomic E-state index is 11.4. The number of fused-ring (bicyclic) bond motifs is 1. The molecule has 1 atom stereocenters. The summed E-state index contributed by atoms with van der Waals surface area (Å²) in [5.41, 5.74) is 6.14. The lowest BCUT2D eigenvalue weighted by Gasteiger charge is -2.18. The van der Waals surface area contributed by atoms with Crippen molar-refractivity contribution in [2.75, 3.05) is 17.2 Å². The van der Waals surface area contributed by atoms with Gasteiger partial charge in [-0.25, -0.2) is 0 Å². The summed E-state index contributed by atoms with van der Waals surface area (Å²) in [7, 11) is 1.94. The van der Waals surface area contributed by atoms with Gasteiger partial charge in [-0.05, 0) is 45.2 Å². The molecular formula is C17H23N5O2. The van der Waals surface area contributed by atoms with Crippen LogP contribution >= 0.6 is 0 Å². The largest absolute Gasteiger partial charge is 0.384 e.